The number of aliphatic carboxylic acids is 1. The number of aryl methyl sites for hydroxylation is 1. The molecule has 108 valence electrons. The van der Waals surface area contributed by atoms with Crippen LogP contribution in [0.4, 0.5) is 16.2 Å². The van der Waals surface area contributed by atoms with Crippen LogP contribution in [0.5, 0.6) is 0 Å². The second-order valence-corrected chi connectivity index (χ2v) is 4.56. The lowest BCUT2D eigenvalue weighted by atomic mass is 10.2. The number of hydrogen-bond acceptors (Lipinski definition) is 3. The summed E-state index contributed by atoms with van der Waals surface area (Å²) in [5, 5.41) is 14.0. The Morgan fingerprint density at radius 1 is 1.14 bits per heavy atom. The predicted molar refractivity (Wildman–Crippen MR) is 79.4 cm³/mol. The van der Waals surface area contributed by atoms with Gasteiger partial charge in [-0.15, -0.1) is 0 Å². The molecule has 3 N–H and O–H groups in total. The van der Waals surface area contributed by atoms with Crippen LogP contribution in [-0.4, -0.2) is 22.1 Å². The van der Waals surface area contributed by atoms with E-state index in [1.54, 1.807) is 18.2 Å². The summed E-state index contributed by atoms with van der Waals surface area (Å²) in [6.45, 7) is 1.94. The third-order valence-electron chi connectivity index (χ3n) is 2.69. The Labute approximate surface area is 121 Å². The summed E-state index contributed by atoms with van der Waals surface area (Å²) < 4.78 is 0. The number of carboxylic acids is 1. The van der Waals surface area contributed by atoms with Crippen molar-refractivity contribution in [2.75, 3.05) is 10.6 Å². The first-order valence-corrected chi connectivity index (χ1v) is 6.34. The lowest BCUT2D eigenvalue weighted by Gasteiger charge is -2.08. The van der Waals surface area contributed by atoms with Crippen LogP contribution in [0, 0.1) is 6.92 Å². The molecule has 1 aromatic carbocycles. The van der Waals surface area contributed by atoms with Crippen molar-refractivity contribution in [3.63, 3.8) is 0 Å². The number of pyridine rings is 1. The Morgan fingerprint density at radius 2 is 1.90 bits per heavy atom. The van der Waals surface area contributed by atoms with E-state index in [0.717, 1.165) is 5.56 Å². The number of benzene rings is 1. The molecule has 0 radical (unpaired) electrons. The minimum absolute atomic E-state index is 0.143. The zero-order valence-electron chi connectivity index (χ0n) is 11.5. The van der Waals surface area contributed by atoms with Crippen molar-refractivity contribution in [3.8, 4) is 0 Å². The fourth-order valence-corrected chi connectivity index (χ4v) is 1.77. The number of rotatable bonds is 4. The van der Waals surface area contributed by atoms with E-state index in [-0.39, 0.29) is 12.5 Å². The molecule has 0 aliphatic rings. The molecule has 0 unspecified atom stereocenters. The maximum Gasteiger partial charge on any atom is 0.323 e. The molecule has 0 atom stereocenters. The number of hydrogen-bond donors (Lipinski definition) is 3. The third kappa shape index (κ3) is 4.61. The summed E-state index contributed by atoms with van der Waals surface area (Å²) in [5.41, 5.74) is 2.68. The van der Waals surface area contributed by atoms with Crippen LogP contribution in [0.15, 0.2) is 42.6 Å². The van der Waals surface area contributed by atoms with E-state index < -0.39 is 5.97 Å². The fourth-order valence-electron chi connectivity index (χ4n) is 1.77. The van der Waals surface area contributed by atoms with Gasteiger partial charge in [0.15, 0.2) is 0 Å². The number of carboxylic acid groups (broad SMARTS) is 1. The monoisotopic (exact) mass is 285 g/mol. The molecule has 6 nitrogen and oxygen atoms in total. The fraction of sp³-hybridized carbons (Fsp3) is 0.133. The highest BCUT2D eigenvalue weighted by Crippen LogP contribution is 2.11. The summed E-state index contributed by atoms with van der Waals surface area (Å²) in [6.07, 6.45) is 1.28. The molecule has 21 heavy (non-hydrogen) atoms. The molecule has 0 bridgehead atoms. The molecule has 0 saturated heterocycles. The van der Waals surface area contributed by atoms with Gasteiger partial charge in [0, 0.05) is 5.69 Å². The molecule has 1 aromatic heterocycles. The highest BCUT2D eigenvalue weighted by Gasteiger charge is 2.05. The molecule has 0 spiro atoms. The molecule has 0 aliphatic carbocycles. The molecule has 2 aromatic rings. The van der Waals surface area contributed by atoms with Gasteiger partial charge in [-0.3, -0.25) is 9.78 Å². The number of anilines is 2. The van der Waals surface area contributed by atoms with Gasteiger partial charge in [-0.1, -0.05) is 12.1 Å². The minimum atomic E-state index is -0.944. The summed E-state index contributed by atoms with van der Waals surface area (Å²) in [6, 6.07) is 10.2. The summed E-state index contributed by atoms with van der Waals surface area (Å²) in [4.78, 5) is 26.3. The highest BCUT2D eigenvalue weighted by atomic mass is 16.4. The molecule has 6 heteroatoms. The maximum absolute atomic E-state index is 11.8. The Kier molecular flexibility index (Phi) is 4.50. The minimum Gasteiger partial charge on any atom is -0.481 e. The first-order chi connectivity index (χ1) is 10.0. The number of aromatic nitrogens is 1. The maximum atomic E-state index is 11.8. The van der Waals surface area contributed by atoms with Crippen molar-refractivity contribution < 1.29 is 14.7 Å². The number of amides is 2. The molecule has 2 rings (SSSR count). The lowest BCUT2D eigenvalue weighted by Crippen LogP contribution is -2.19. The Bertz CT molecular complexity index is 653. The van der Waals surface area contributed by atoms with E-state index in [2.05, 4.69) is 15.6 Å². The van der Waals surface area contributed by atoms with E-state index in [4.69, 9.17) is 5.11 Å². The molecule has 1 heterocycles. The van der Waals surface area contributed by atoms with Crippen molar-refractivity contribution >= 4 is 23.4 Å². The van der Waals surface area contributed by atoms with Gasteiger partial charge in [0.1, 0.15) is 0 Å². The van der Waals surface area contributed by atoms with E-state index in [1.807, 2.05) is 25.1 Å². The Hall–Kier alpha value is -2.89. The largest absolute Gasteiger partial charge is 0.481 e. The van der Waals surface area contributed by atoms with Gasteiger partial charge in [0.05, 0.1) is 24.0 Å². The lowest BCUT2D eigenvalue weighted by molar-refractivity contribution is -0.136. The van der Waals surface area contributed by atoms with E-state index in [1.165, 1.54) is 6.20 Å². The van der Waals surface area contributed by atoms with E-state index in [9.17, 15) is 9.59 Å². The number of carbonyl (C=O) groups is 2. The van der Waals surface area contributed by atoms with Gasteiger partial charge in [-0.25, -0.2) is 4.79 Å². The van der Waals surface area contributed by atoms with Gasteiger partial charge >= 0.3 is 12.0 Å². The van der Waals surface area contributed by atoms with Crippen molar-refractivity contribution in [1.29, 1.82) is 0 Å². The van der Waals surface area contributed by atoms with Crippen LogP contribution >= 0.6 is 0 Å². The van der Waals surface area contributed by atoms with Crippen LogP contribution in [0.25, 0.3) is 0 Å². The molecule has 0 saturated carbocycles. The second-order valence-electron chi connectivity index (χ2n) is 4.56. The van der Waals surface area contributed by atoms with Gasteiger partial charge in [0.25, 0.3) is 0 Å². The standard InChI is InChI=1S/C15H15N3O3/c1-10-3-2-4-12(7-10)17-15(21)18-13-6-5-11(16-9-13)8-14(19)20/h2-7,9H,8H2,1H3,(H,19,20)(H2,17,18,21). The van der Waals surface area contributed by atoms with Crippen LogP contribution in [0.2, 0.25) is 0 Å². The zero-order chi connectivity index (χ0) is 15.2. The zero-order valence-corrected chi connectivity index (χ0v) is 11.5. The molecule has 2 amide bonds. The summed E-state index contributed by atoms with van der Waals surface area (Å²) in [5.74, 6) is -0.944. The second kappa shape index (κ2) is 6.51. The average molecular weight is 285 g/mol. The SMILES string of the molecule is Cc1cccc(NC(=O)Nc2ccc(CC(=O)O)nc2)c1. The molecule has 0 aliphatic heterocycles. The van der Waals surface area contributed by atoms with E-state index >= 15 is 0 Å². The number of urea groups is 1. The molecular weight excluding hydrogens is 270 g/mol. The van der Waals surface area contributed by atoms with Crippen molar-refractivity contribution in [3.05, 3.63) is 53.9 Å². The average Bonchev–Trinajstić information content (AvgIpc) is 2.40. The van der Waals surface area contributed by atoms with Crippen LogP contribution in [-0.2, 0) is 11.2 Å². The molecule has 0 fully saturated rings. The van der Waals surface area contributed by atoms with Gasteiger partial charge in [-0.2, -0.15) is 0 Å². The first kappa shape index (κ1) is 14.5. The third-order valence-corrected chi connectivity index (χ3v) is 2.69. The predicted octanol–water partition coefficient (Wildman–Crippen LogP) is 2.66. The van der Waals surface area contributed by atoms with Gasteiger partial charge in [-0.05, 0) is 36.8 Å². The smallest absolute Gasteiger partial charge is 0.323 e. The summed E-state index contributed by atoms with van der Waals surface area (Å²) in [7, 11) is 0. The van der Waals surface area contributed by atoms with Gasteiger partial charge in [0.2, 0.25) is 0 Å². The number of nitrogens with one attached hydrogen (secondary N) is 2. The number of carbonyl (C=O) groups excluding carboxylic acids is 1. The topological polar surface area (TPSA) is 91.3 Å². The van der Waals surface area contributed by atoms with Crippen molar-refractivity contribution in [2.45, 2.75) is 13.3 Å². The Morgan fingerprint density at radius 3 is 2.52 bits per heavy atom. The van der Waals surface area contributed by atoms with Crippen molar-refractivity contribution in [1.82, 2.24) is 4.98 Å². The Balaban J connectivity index is 1.95. The van der Waals surface area contributed by atoms with Gasteiger partial charge < -0.3 is 15.7 Å². The normalized spacial score (nSPS) is 9.95. The van der Waals surface area contributed by atoms with E-state index in [0.29, 0.717) is 17.1 Å². The van der Waals surface area contributed by atoms with Crippen LogP contribution in [0.1, 0.15) is 11.3 Å². The van der Waals surface area contributed by atoms with Crippen molar-refractivity contribution in [2.24, 2.45) is 0 Å². The molecular formula is C15H15N3O3. The van der Waals surface area contributed by atoms with Crippen LogP contribution in [0.3, 0.4) is 0 Å². The number of nitrogens with zero attached hydrogens (tertiary/aromatic N) is 1. The summed E-state index contributed by atoms with van der Waals surface area (Å²) >= 11 is 0. The first-order valence-electron chi connectivity index (χ1n) is 6.34. The quantitative estimate of drug-likeness (QED) is 0.805. The van der Waals surface area contributed by atoms with Crippen LogP contribution < -0.4 is 10.6 Å². The highest BCUT2D eigenvalue weighted by molar-refractivity contribution is 5.99.